The summed E-state index contributed by atoms with van der Waals surface area (Å²) in [7, 11) is 0. The molecule has 1 aromatic rings. The van der Waals surface area contributed by atoms with Gasteiger partial charge in [-0.25, -0.2) is 4.98 Å². The first-order valence-corrected chi connectivity index (χ1v) is 6.77. The van der Waals surface area contributed by atoms with E-state index in [1.807, 2.05) is 4.90 Å². The molecule has 0 unspecified atom stereocenters. The normalized spacial score (nSPS) is 17.8. The lowest BCUT2D eigenvalue weighted by molar-refractivity contribution is 0.119. The molecule has 1 saturated heterocycles. The Labute approximate surface area is 117 Å². The number of H-pyrrole nitrogens is 1. The lowest BCUT2D eigenvalue weighted by Crippen LogP contribution is -2.57. The molecule has 1 fully saturated rings. The highest BCUT2D eigenvalue weighted by molar-refractivity contribution is 6.32. The third-order valence-electron chi connectivity index (χ3n) is 3.71. The fourth-order valence-corrected chi connectivity index (χ4v) is 2.47. The van der Waals surface area contributed by atoms with Crippen molar-refractivity contribution in [3.05, 3.63) is 21.7 Å². The maximum absolute atomic E-state index is 11.5. The number of aromatic amines is 1. The van der Waals surface area contributed by atoms with Gasteiger partial charge in [0.25, 0.3) is 5.56 Å². The Morgan fingerprint density at radius 2 is 2.05 bits per heavy atom. The van der Waals surface area contributed by atoms with Gasteiger partial charge < -0.3 is 15.6 Å². The van der Waals surface area contributed by atoms with Gasteiger partial charge in [0.05, 0.1) is 6.33 Å². The largest absolute Gasteiger partial charge is 0.353 e. The fraction of sp³-hybridized carbons (Fsp3) is 0.667. The molecular weight excluding hydrogens is 266 g/mol. The Hall–Kier alpha value is -1.11. The van der Waals surface area contributed by atoms with Crippen LogP contribution < -0.4 is 16.2 Å². The molecule has 2 rings (SSSR count). The van der Waals surface area contributed by atoms with Crippen LogP contribution in [0.1, 0.15) is 13.8 Å². The molecular formula is C12H20ClN5O. The number of nitrogens with zero attached hydrogens (tertiary/aromatic N) is 3. The fourth-order valence-electron chi connectivity index (χ4n) is 2.25. The van der Waals surface area contributed by atoms with Gasteiger partial charge in [0.2, 0.25) is 0 Å². The van der Waals surface area contributed by atoms with Crippen molar-refractivity contribution in [3.63, 3.8) is 0 Å². The lowest BCUT2D eigenvalue weighted by atomic mass is 10.0. The standard InChI is InChI=1S/C12H20ClN5O/c1-12(2,7-14)18-5-3-17(4-6-18)10-9(13)11(19)16-8-15-10/h8H,3-7,14H2,1-2H3,(H,15,16,19). The third-order valence-corrected chi connectivity index (χ3v) is 4.05. The van der Waals surface area contributed by atoms with Gasteiger partial charge in [-0.1, -0.05) is 11.6 Å². The van der Waals surface area contributed by atoms with Crippen LogP contribution in [0.4, 0.5) is 5.82 Å². The molecule has 2 heterocycles. The Morgan fingerprint density at radius 1 is 1.42 bits per heavy atom. The SMILES string of the molecule is CC(C)(CN)N1CCN(c2nc[nH]c(=O)c2Cl)CC1. The molecule has 0 spiro atoms. The van der Waals surface area contributed by atoms with Crippen molar-refractivity contribution in [2.45, 2.75) is 19.4 Å². The van der Waals surface area contributed by atoms with Crippen LogP contribution in [0.15, 0.2) is 11.1 Å². The van der Waals surface area contributed by atoms with E-state index in [0.29, 0.717) is 12.4 Å². The first kappa shape index (κ1) is 14.3. The molecule has 3 N–H and O–H groups in total. The van der Waals surface area contributed by atoms with E-state index in [4.69, 9.17) is 17.3 Å². The Morgan fingerprint density at radius 3 is 2.63 bits per heavy atom. The number of hydrogen-bond donors (Lipinski definition) is 2. The zero-order valence-corrected chi connectivity index (χ0v) is 12.1. The number of halogens is 1. The van der Waals surface area contributed by atoms with E-state index in [-0.39, 0.29) is 16.1 Å². The zero-order chi connectivity index (χ0) is 14.0. The predicted molar refractivity (Wildman–Crippen MR) is 76.8 cm³/mol. The number of nitrogens with two attached hydrogens (primary N) is 1. The quantitative estimate of drug-likeness (QED) is 0.834. The van der Waals surface area contributed by atoms with E-state index in [0.717, 1.165) is 26.2 Å². The van der Waals surface area contributed by atoms with Crippen LogP contribution >= 0.6 is 11.6 Å². The second kappa shape index (κ2) is 5.48. The molecule has 0 aromatic carbocycles. The summed E-state index contributed by atoms with van der Waals surface area (Å²) >= 11 is 6.00. The summed E-state index contributed by atoms with van der Waals surface area (Å²) in [6.45, 7) is 8.25. The van der Waals surface area contributed by atoms with Gasteiger partial charge in [-0.05, 0) is 13.8 Å². The van der Waals surface area contributed by atoms with Gasteiger partial charge >= 0.3 is 0 Å². The number of hydrogen-bond acceptors (Lipinski definition) is 5. The van der Waals surface area contributed by atoms with E-state index >= 15 is 0 Å². The van der Waals surface area contributed by atoms with Crippen molar-refractivity contribution < 1.29 is 0 Å². The van der Waals surface area contributed by atoms with Gasteiger partial charge in [0.15, 0.2) is 5.82 Å². The second-order valence-corrected chi connectivity index (χ2v) is 5.74. The summed E-state index contributed by atoms with van der Waals surface area (Å²) in [5, 5.41) is 0.161. The molecule has 0 amide bonds. The zero-order valence-electron chi connectivity index (χ0n) is 11.3. The van der Waals surface area contributed by atoms with Crippen molar-refractivity contribution in [2.75, 3.05) is 37.6 Å². The summed E-state index contributed by atoms with van der Waals surface area (Å²) in [4.78, 5) is 22.5. The molecule has 0 bridgehead atoms. The molecule has 1 aliphatic rings. The first-order chi connectivity index (χ1) is 8.95. The molecule has 0 aliphatic carbocycles. The maximum atomic E-state index is 11.5. The van der Waals surface area contributed by atoms with Crippen LogP contribution in [0.25, 0.3) is 0 Å². The number of aromatic nitrogens is 2. The highest BCUT2D eigenvalue weighted by Gasteiger charge is 2.29. The molecule has 1 aliphatic heterocycles. The summed E-state index contributed by atoms with van der Waals surface area (Å²) in [5.74, 6) is 0.565. The molecule has 0 radical (unpaired) electrons. The Bertz CT molecular complexity index is 493. The molecule has 6 nitrogen and oxygen atoms in total. The average Bonchev–Trinajstić information content (AvgIpc) is 2.42. The van der Waals surface area contributed by atoms with Crippen LogP contribution in [0.2, 0.25) is 5.02 Å². The van der Waals surface area contributed by atoms with Gasteiger partial charge in [-0.15, -0.1) is 0 Å². The topological polar surface area (TPSA) is 78.2 Å². The average molecular weight is 286 g/mol. The Balaban J connectivity index is 2.08. The summed E-state index contributed by atoms with van der Waals surface area (Å²) in [5.41, 5.74) is 5.50. The van der Waals surface area contributed by atoms with Gasteiger partial charge in [-0.2, -0.15) is 0 Å². The van der Waals surface area contributed by atoms with Crippen molar-refractivity contribution in [1.82, 2.24) is 14.9 Å². The molecule has 0 saturated carbocycles. The first-order valence-electron chi connectivity index (χ1n) is 6.39. The number of anilines is 1. The van der Waals surface area contributed by atoms with Crippen molar-refractivity contribution in [3.8, 4) is 0 Å². The molecule has 7 heteroatoms. The van der Waals surface area contributed by atoms with Crippen molar-refractivity contribution in [2.24, 2.45) is 5.73 Å². The molecule has 19 heavy (non-hydrogen) atoms. The smallest absolute Gasteiger partial charge is 0.271 e. The monoisotopic (exact) mass is 285 g/mol. The van der Waals surface area contributed by atoms with Gasteiger partial charge in [0.1, 0.15) is 5.02 Å². The van der Waals surface area contributed by atoms with Crippen LogP contribution in [-0.4, -0.2) is 53.1 Å². The molecule has 0 atom stereocenters. The van der Waals surface area contributed by atoms with E-state index in [9.17, 15) is 4.79 Å². The molecule has 106 valence electrons. The Kier molecular flexibility index (Phi) is 4.13. The number of piperazine rings is 1. The van der Waals surface area contributed by atoms with E-state index in [2.05, 4.69) is 28.7 Å². The number of nitrogens with one attached hydrogen (secondary N) is 1. The van der Waals surface area contributed by atoms with Crippen LogP contribution in [-0.2, 0) is 0 Å². The summed E-state index contributed by atoms with van der Waals surface area (Å²) in [6.07, 6.45) is 1.39. The van der Waals surface area contributed by atoms with Crippen LogP contribution in [0.3, 0.4) is 0 Å². The molecule has 1 aromatic heterocycles. The minimum Gasteiger partial charge on any atom is -0.353 e. The summed E-state index contributed by atoms with van der Waals surface area (Å²) in [6, 6.07) is 0. The van der Waals surface area contributed by atoms with Gasteiger partial charge in [0, 0.05) is 38.3 Å². The van der Waals surface area contributed by atoms with E-state index in [1.165, 1.54) is 6.33 Å². The lowest BCUT2D eigenvalue weighted by Gasteiger charge is -2.43. The van der Waals surface area contributed by atoms with Crippen molar-refractivity contribution >= 4 is 17.4 Å². The number of rotatable bonds is 3. The minimum absolute atomic E-state index is 0.00251. The maximum Gasteiger partial charge on any atom is 0.271 e. The summed E-state index contributed by atoms with van der Waals surface area (Å²) < 4.78 is 0. The van der Waals surface area contributed by atoms with Crippen LogP contribution in [0, 0.1) is 0 Å². The van der Waals surface area contributed by atoms with Gasteiger partial charge in [-0.3, -0.25) is 9.69 Å². The minimum atomic E-state index is -0.295. The predicted octanol–water partition coefficient (Wildman–Crippen LogP) is 0.283. The van der Waals surface area contributed by atoms with Crippen LogP contribution in [0.5, 0.6) is 0 Å². The van der Waals surface area contributed by atoms with E-state index in [1.54, 1.807) is 0 Å². The third kappa shape index (κ3) is 2.91. The second-order valence-electron chi connectivity index (χ2n) is 5.36. The van der Waals surface area contributed by atoms with Crippen molar-refractivity contribution in [1.29, 1.82) is 0 Å². The van der Waals surface area contributed by atoms with E-state index < -0.39 is 0 Å². The highest BCUT2D eigenvalue weighted by Crippen LogP contribution is 2.22. The highest BCUT2D eigenvalue weighted by atomic mass is 35.5.